The standard InChI is InChI=1S/C26H25N5O2/c32-26-8-4-22-17-30(11-12-31(22)26)16-21-3-1-18-13-23(5-6-24(18)29-21)33-25-7-2-19(15-28-25)20-9-10-27-14-20/h1-3,5-7,9-10,13,15,22H,4,8,11-12,14,16-17H2. The Labute approximate surface area is 192 Å². The first-order valence-electron chi connectivity index (χ1n) is 11.5. The first-order valence-corrected chi connectivity index (χ1v) is 11.5. The molecule has 3 aliphatic heterocycles. The van der Waals surface area contributed by atoms with Gasteiger partial charge in [0.05, 0.1) is 17.8 Å². The first-order chi connectivity index (χ1) is 16.2. The van der Waals surface area contributed by atoms with Crippen molar-refractivity contribution < 1.29 is 9.53 Å². The average Bonchev–Trinajstić information content (AvgIpc) is 3.50. The van der Waals surface area contributed by atoms with Crippen LogP contribution < -0.4 is 4.74 Å². The Morgan fingerprint density at radius 3 is 2.91 bits per heavy atom. The molecule has 6 rings (SSSR count). The van der Waals surface area contributed by atoms with Crippen LogP contribution in [0.15, 0.2) is 59.7 Å². The molecule has 166 valence electrons. The van der Waals surface area contributed by atoms with Crippen molar-refractivity contribution in [2.24, 2.45) is 4.99 Å². The highest BCUT2D eigenvalue weighted by molar-refractivity contribution is 5.89. The summed E-state index contributed by atoms with van der Waals surface area (Å²) in [7, 11) is 0. The number of piperazine rings is 1. The van der Waals surface area contributed by atoms with E-state index in [1.54, 1.807) is 0 Å². The minimum atomic E-state index is 0.313. The molecule has 0 bridgehead atoms. The summed E-state index contributed by atoms with van der Waals surface area (Å²) < 4.78 is 5.97. The largest absolute Gasteiger partial charge is 0.439 e. The van der Waals surface area contributed by atoms with E-state index in [-0.39, 0.29) is 0 Å². The van der Waals surface area contributed by atoms with Crippen LogP contribution in [0.4, 0.5) is 0 Å². The number of allylic oxidation sites excluding steroid dienone is 1. The molecule has 0 saturated carbocycles. The summed E-state index contributed by atoms with van der Waals surface area (Å²) in [4.78, 5) is 29.9. The van der Waals surface area contributed by atoms with Crippen molar-refractivity contribution in [2.75, 3.05) is 26.2 Å². The number of amides is 1. The Bertz CT molecular complexity index is 1270. The molecule has 3 aromatic rings. The van der Waals surface area contributed by atoms with Crippen molar-refractivity contribution in [1.82, 2.24) is 19.8 Å². The molecule has 1 aromatic carbocycles. The Hall–Kier alpha value is -3.58. The van der Waals surface area contributed by atoms with Crippen LogP contribution in [0.2, 0.25) is 0 Å². The van der Waals surface area contributed by atoms with E-state index in [0.29, 0.717) is 30.8 Å². The minimum absolute atomic E-state index is 0.313. The van der Waals surface area contributed by atoms with E-state index < -0.39 is 0 Å². The van der Waals surface area contributed by atoms with Gasteiger partial charge in [0.15, 0.2) is 0 Å². The van der Waals surface area contributed by atoms with E-state index in [4.69, 9.17) is 9.72 Å². The van der Waals surface area contributed by atoms with E-state index in [9.17, 15) is 4.79 Å². The lowest BCUT2D eigenvalue weighted by Gasteiger charge is -2.37. The van der Waals surface area contributed by atoms with Crippen molar-refractivity contribution >= 4 is 28.6 Å². The molecular weight excluding hydrogens is 414 g/mol. The average molecular weight is 440 g/mol. The van der Waals surface area contributed by atoms with Gasteiger partial charge in [0.1, 0.15) is 5.75 Å². The molecule has 0 spiro atoms. The highest BCUT2D eigenvalue weighted by Gasteiger charge is 2.35. The van der Waals surface area contributed by atoms with Gasteiger partial charge in [0, 0.05) is 62.5 Å². The smallest absolute Gasteiger partial charge is 0.222 e. The lowest BCUT2D eigenvalue weighted by molar-refractivity contribution is -0.130. The van der Waals surface area contributed by atoms with Gasteiger partial charge in [-0.2, -0.15) is 0 Å². The molecule has 1 amide bonds. The monoisotopic (exact) mass is 439 g/mol. The number of pyridine rings is 2. The van der Waals surface area contributed by atoms with Crippen LogP contribution in [0, 0.1) is 0 Å². The predicted octanol–water partition coefficient (Wildman–Crippen LogP) is 3.70. The zero-order valence-corrected chi connectivity index (χ0v) is 18.4. The van der Waals surface area contributed by atoms with Crippen molar-refractivity contribution in [3.63, 3.8) is 0 Å². The highest BCUT2D eigenvalue weighted by atomic mass is 16.5. The number of hydrogen-bond donors (Lipinski definition) is 0. The van der Waals surface area contributed by atoms with Crippen molar-refractivity contribution in [3.8, 4) is 11.6 Å². The molecule has 5 heterocycles. The summed E-state index contributed by atoms with van der Waals surface area (Å²) >= 11 is 0. The fraction of sp³-hybridized carbons (Fsp3) is 0.308. The van der Waals surface area contributed by atoms with E-state index in [0.717, 1.165) is 60.5 Å². The summed E-state index contributed by atoms with van der Waals surface area (Å²) in [5.74, 6) is 1.61. The third-order valence-electron chi connectivity index (χ3n) is 6.65. The molecule has 7 nitrogen and oxygen atoms in total. The number of aliphatic imine (C=N–C) groups is 1. The second kappa shape index (κ2) is 8.41. The zero-order chi connectivity index (χ0) is 22.2. The molecule has 0 radical (unpaired) electrons. The topological polar surface area (TPSA) is 70.9 Å². The zero-order valence-electron chi connectivity index (χ0n) is 18.4. The molecule has 33 heavy (non-hydrogen) atoms. The normalized spacial score (nSPS) is 20.4. The number of nitrogens with zero attached hydrogens (tertiary/aromatic N) is 5. The number of carbonyl (C=O) groups is 1. The number of aromatic nitrogens is 2. The maximum Gasteiger partial charge on any atom is 0.222 e. The second-order valence-electron chi connectivity index (χ2n) is 8.84. The molecule has 7 heteroatoms. The van der Waals surface area contributed by atoms with Crippen LogP contribution in [-0.2, 0) is 11.3 Å². The van der Waals surface area contributed by atoms with Gasteiger partial charge in [0.2, 0.25) is 11.8 Å². The maximum atomic E-state index is 11.9. The lowest BCUT2D eigenvalue weighted by atomic mass is 10.1. The summed E-state index contributed by atoms with van der Waals surface area (Å²) in [6, 6.07) is 14.4. The van der Waals surface area contributed by atoms with Gasteiger partial charge in [-0.3, -0.25) is 19.7 Å². The van der Waals surface area contributed by atoms with E-state index >= 15 is 0 Å². The number of fused-ring (bicyclic) bond motifs is 2. The number of rotatable bonds is 5. The van der Waals surface area contributed by atoms with Crippen molar-refractivity contribution in [1.29, 1.82) is 0 Å². The Morgan fingerprint density at radius 1 is 1.09 bits per heavy atom. The Balaban J connectivity index is 1.12. The number of benzene rings is 1. The Kier molecular flexibility index (Phi) is 5.11. The summed E-state index contributed by atoms with van der Waals surface area (Å²) in [6.45, 7) is 4.19. The van der Waals surface area contributed by atoms with Crippen LogP contribution in [0.5, 0.6) is 11.6 Å². The minimum Gasteiger partial charge on any atom is -0.439 e. The molecule has 3 aliphatic rings. The van der Waals surface area contributed by atoms with Crippen molar-refractivity contribution in [2.45, 2.75) is 25.4 Å². The number of carbonyl (C=O) groups excluding carboxylic acids is 1. The summed E-state index contributed by atoms with van der Waals surface area (Å²) in [6.07, 6.45) is 7.34. The Morgan fingerprint density at radius 2 is 2.06 bits per heavy atom. The van der Waals surface area contributed by atoms with Crippen molar-refractivity contribution in [3.05, 3.63) is 66.0 Å². The molecule has 2 fully saturated rings. The highest BCUT2D eigenvalue weighted by Crippen LogP contribution is 2.27. The molecule has 1 unspecified atom stereocenters. The van der Waals surface area contributed by atoms with Gasteiger partial charge in [-0.25, -0.2) is 4.98 Å². The lowest BCUT2D eigenvalue weighted by Crippen LogP contribution is -2.51. The third-order valence-corrected chi connectivity index (χ3v) is 6.65. The SMILES string of the molecule is O=C1CCC2CN(Cc3ccc4cc(Oc5ccc(C6=CC=NC6)cn5)ccc4n3)CCN12. The molecule has 0 aliphatic carbocycles. The van der Waals surface area contributed by atoms with Gasteiger partial charge >= 0.3 is 0 Å². The van der Waals surface area contributed by atoms with Crippen LogP contribution in [0.3, 0.4) is 0 Å². The van der Waals surface area contributed by atoms with E-state index in [2.05, 4.69) is 31.9 Å². The number of ether oxygens (including phenoxy) is 1. The van der Waals surface area contributed by atoms with Gasteiger partial charge < -0.3 is 9.64 Å². The molecule has 1 atom stereocenters. The molecular formula is C26H25N5O2. The number of hydrogen-bond acceptors (Lipinski definition) is 6. The predicted molar refractivity (Wildman–Crippen MR) is 127 cm³/mol. The first kappa shape index (κ1) is 20.1. The molecule has 2 aromatic heterocycles. The fourth-order valence-corrected chi connectivity index (χ4v) is 4.88. The van der Waals surface area contributed by atoms with Gasteiger partial charge in [-0.1, -0.05) is 6.07 Å². The molecule has 0 N–H and O–H groups in total. The van der Waals surface area contributed by atoms with Gasteiger partial charge in [-0.05, 0) is 54.0 Å². The maximum absolute atomic E-state index is 11.9. The van der Waals surface area contributed by atoms with Crippen LogP contribution in [0.1, 0.15) is 24.1 Å². The van der Waals surface area contributed by atoms with Crippen LogP contribution in [-0.4, -0.2) is 64.1 Å². The van der Waals surface area contributed by atoms with Crippen LogP contribution >= 0.6 is 0 Å². The van der Waals surface area contributed by atoms with Gasteiger partial charge in [0.25, 0.3) is 0 Å². The quantitative estimate of drug-likeness (QED) is 0.606. The summed E-state index contributed by atoms with van der Waals surface area (Å²) in [5.41, 5.74) is 4.23. The third kappa shape index (κ3) is 4.12. The fourth-order valence-electron chi connectivity index (χ4n) is 4.88. The molecule has 2 saturated heterocycles. The van der Waals surface area contributed by atoms with E-state index in [1.165, 1.54) is 5.57 Å². The van der Waals surface area contributed by atoms with Crippen LogP contribution in [0.25, 0.3) is 16.5 Å². The van der Waals surface area contributed by atoms with E-state index in [1.807, 2.05) is 48.8 Å². The van der Waals surface area contributed by atoms with Gasteiger partial charge in [-0.15, -0.1) is 0 Å². The summed E-state index contributed by atoms with van der Waals surface area (Å²) in [5, 5.41) is 1.03. The second-order valence-corrected chi connectivity index (χ2v) is 8.84.